The lowest BCUT2D eigenvalue weighted by Gasteiger charge is -2.20. The highest BCUT2D eigenvalue weighted by atomic mass is 16.5. The van der Waals surface area contributed by atoms with E-state index in [9.17, 15) is 19.8 Å². The SMILES string of the molecule is COc1ccccc1C[C@H](NN[C@@H](Cc1ccccc1)C(=O)O)C(=O)O. The first-order chi connectivity index (χ1) is 12.5. The predicted octanol–water partition coefficient (Wildman–Crippen LogP) is 1.48. The molecule has 0 unspecified atom stereocenters. The molecule has 0 aliphatic carbocycles. The van der Waals surface area contributed by atoms with Crippen LogP contribution in [0.5, 0.6) is 5.75 Å². The van der Waals surface area contributed by atoms with Crippen LogP contribution in [0.2, 0.25) is 0 Å². The lowest BCUT2D eigenvalue weighted by molar-refractivity contribution is -0.143. The quantitative estimate of drug-likeness (QED) is 0.477. The van der Waals surface area contributed by atoms with Crippen molar-refractivity contribution in [2.24, 2.45) is 0 Å². The smallest absolute Gasteiger partial charge is 0.322 e. The molecule has 0 heterocycles. The van der Waals surface area contributed by atoms with Crippen LogP contribution in [0, 0.1) is 0 Å². The summed E-state index contributed by atoms with van der Waals surface area (Å²) in [4.78, 5) is 23.0. The van der Waals surface area contributed by atoms with E-state index in [1.165, 1.54) is 7.11 Å². The van der Waals surface area contributed by atoms with E-state index >= 15 is 0 Å². The van der Waals surface area contributed by atoms with Gasteiger partial charge in [0.2, 0.25) is 0 Å². The zero-order valence-electron chi connectivity index (χ0n) is 14.4. The molecule has 0 aliphatic rings. The Morgan fingerprint density at radius 3 is 2.00 bits per heavy atom. The third-order valence-electron chi connectivity index (χ3n) is 3.93. The van der Waals surface area contributed by atoms with E-state index in [-0.39, 0.29) is 12.8 Å². The molecule has 138 valence electrons. The van der Waals surface area contributed by atoms with Gasteiger partial charge in [0, 0.05) is 6.42 Å². The molecular formula is C19H22N2O5. The summed E-state index contributed by atoms with van der Waals surface area (Å²) in [6.45, 7) is 0. The Bertz CT molecular complexity index is 736. The molecule has 0 aromatic heterocycles. The van der Waals surface area contributed by atoms with E-state index in [0.29, 0.717) is 11.3 Å². The summed E-state index contributed by atoms with van der Waals surface area (Å²) < 4.78 is 5.23. The number of hydrazine groups is 1. The first-order valence-corrected chi connectivity index (χ1v) is 8.13. The molecule has 4 N–H and O–H groups in total. The number of aliphatic carboxylic acids is 2. The van der Waals surface area contributed by atoms with E-state index in [4.69, 9.17) is 4.74 Å². The number of benzene rings is 2. The van der Waals surface area contributed by atoms with Gasteiger partial charge < -0.3 is 14.9 Å². The second-order valence-corrected chi connectivity index (χ2v) is 5.78. The molecule has 0 radical (unpaired) electrons. The van der Waals surface area contributed by atoms with Crippen molar-refractivity contribution in [2.45, 2.75) is 24.9 Å². The molecule has 26 heavy (non-hydrogen) atoms. The maximum absolute atomic E-state index is 11.6. The maximum atomic E-state index is 11.6. The van der Waals surface area contributed by atoms with Gasteiger partial charge in [0.15, 0.2) is 0 Å². The highest BCUT2D eigenvalue weighted by molar-refractivity contribution is 5.75. The number of para-hydroxylation sites is 1. The summed E-state index contributed by atoms with van der Waals surface area (Å²) in [5.74, 6) is -1.57. The Kier molecular flexibility index (Phi) is 7.13. The lowest BCUT2D eigenvalue weighted by atomic mass is 10.0. The van der Waals surface area contributed by atoms with E-state index in [1.54, 1.807) is 24.3 Å². The van der Waals surface area contributed by atoms with Gasteiger partial charge in [-0.25, -0.2) is 10.9 Å². The zero-order chi connectivity index (χ0) is 18.9. The van der Waals surface area contributed by atoms with Gasteiger partial charge in [-0.1, -0.05) is 48.5 Å². The fraction of sp³-hybridized carbons (Fsp3) is 0.263. The van der Waals surface area contributed by atoms with Crippen LogP contribution in [-0.2, 0) is 22.4 Å². The summed E-state index contributed by atoms with van der Waals surface area (Å²) in [5.41, 5.74) is 6.82. The summed E-state index contributed by atoms with van der Waals surface area (Å²) in [6, 6.07) is 14.3. The molecule has 2 atom stereocenters. The second kappa shape index (κ2) is 9.55. The van der Waals surface area contributed by atoms with Gasteiger partial charge in [-0.2, -0.15) is 0 Å². The molecule has 0 saturated heterocycles. The molecule has 0 saturated carbocycles. The van der Waals surface area contributed by atoms with Crippen LogP contribution in [0.15, 0.2) is 54.6 Å². The van der Waals surface area contributed by atoms with Gasteiger partial charge in [-0.3, -0.25) is 9.59 Å². The van der Waals surface area contributed by atoms with Crippen molar-refractivity contribution in [3.8, 4) is 5.75 Å². The number of nitrogens with one attached hydrogen (secondary N) is 2. The number of rotatable bonds is 10. The van der Waals surface area contributed by atoms with Gasteiger partial charge in [-0.05, 0) is 23.6 Å². The molecule has 0 amide bonds. The van der Waals surface area contributed by atoms with Crippen LogP contribution in [0.4, 0.5) is 0 Å². The fourth-order valence-corrected chi connectivity index (χ4v) is 2.54. The Balaban J connectivity index is 2.03. The van der Waals surface area contributed by atoms with Crippen molar-refractivity contribution in [1.29, 1.82) is 0 Å². The number of carboxylic acid groups (broad SMARTS) is 2. The summed E-state index contributed by atoms with van der Waals surface area (Å²) in [6.07, 6.45) is 0.369. The molecule has 2 rings (SSSR count). The van der Waals surface area contributed by atoms with Crippen LogP contribution < -0.4 is 15.6 Å². The van der Waals surface area contributed by atoms with E-state index < -0.39 is 24.0 Å². The highest BCUT2D eigenvalue weighted by Crippen LogP contribution is 2.19. The van der Waals surface area contributed by atoms with Crippen molar-refractivity contribution in [1.82, 2.24) is 10.9 Å². The van der Waals surface area contributed by atoms with E-state index in [1.807, 2.05) is 30.3 Å². The third kappa shape index (κ3) is 5.58. The van der Waals surface area contributed by atoms with Crippen LogP contribution in [0.1, 0.15) is 11.1 Å². The predicted molar refractivity (Wildman–Crippen MR) is 96.0 cm³/mol. The van der Waals surface area contributed by atoms with E-state index in [0.717, 1.165) is 5.56 Å². The van der Waals surface area contributed by atoms with Crippen molar-refractivity contribution < 1.29 is 24.5 Å². The molecule has 0 aliphatic heterocycles. The minimum atomic E-state index is -1.09. The maximum Gasteiger partial charge on any atom is 0.322 e. The molecule has 0 bridgehead atoms. The summed E-state index contributed by atoms with van der Waals surface area (Å²) in [7, 11) is 1.51. The minimum Gasteiger partial charge on any atom is -0.496 e. The first-order valence-electron chi connectivity index (χ1n) is 8.13. The van der Waals surface area contributed by atoms with Crippen LogP contribution in [-0.4, -0.2) is 41.3 Å². The zero-order valence-corrected chi connectivity index (χ0v) is 14.4. The van der Waals surface area contributed by atoms with E-state index in [2.05, 4.69) is 10.9 Å². The Morgan fingerprint density at radius 1 is 0.885 bits per heavy atom. The standard InChI is InChI=1S/C19H22N2O5/c1-26-17-10-6-5-9-14(17)12-16(19(24)25)21-20-15(18(22)23)11-13-7-3-2-4-8-13/h2-10,15-16,20-21H,11-12H2,1H3,(H,22,23)(H,24,25)/t15-,16-/m0/s1. The largest absolute Gasteiger partial charge is 0.496 e. The van der Waals surface area contributed by atoms with Crippen molar-refractivity contribution in [2.75, 3.05) is 7.11 Å². The normalized spacial score (nSPS) is 13.0. The monoisotopic (exact) mass is 358 g/mol. The van der Waals surface area contributed by atoms with Crippen molar-refractivity contribution >= 4 is 11.9 Å². The lowest BCUT2D eigenvalue weighted by Crippen LogP contribution is -2.54. The average Bonchev–Trinajstić information content (AvgIpc) is 2.64. The molecular weight excluding hydrogens is 336 g/mol. The molecule has 2 aromatic carbocycles. The minimum absolute atomic E-state index is 0.143. The van der Waals surface area contributed by atoms with Crippen LogP contribution >= 0.6 is 0 Å². The van der Waals surface area contributed by atoms with Gasteiger partial charge in [0.1, 0.15) is 17.8 Å². The summed E-state index contributed by atoms with van der Waals surface area (Å²) >= 11 is 0. The number of hydrogen-bond acceptors (Lipinski definition) is 5. The number of methoxy groups -OCH3 is 1. The molecule has 2 aromatic rings. The molecule has 7 heteroatoms. The molecule has 0 fully saturated rings. The van der Waals surface area contributed by atoms with Crippen LogP contribution in [0.3, 0.4) is 0 Å². The number of ether oxygens (including phenoxy) is 1. The van der Waals surface area contributed by atoms with Gasteiger partial charge >= 0.3 is 11.9 Å². The topological polar surface area (TPSA) is 108 Å². The number of carbonyl (C=O) groups is 2. The van der Waals surface area contributed by atoms with Crippen molar-refractivity contribution in [3.63, 3.8) is 0 Å². The average molecular weight is 358 g/mol. The Labute approximate surface area is 151 Å². The summed E-state index contributed by atoms with van der Waals surface area (Å²) in [5, 5.41) is 18.8. The third-order valence-corrected chi connectivity index (χ3v) is 3.93. The highest BCUT2D eigenvalue weighted by Gasteiger charge is 2.23. The number of hydrogen-bond donors (Lipinski definition) is 4. The van der Waals surface area contributed by atoms with Gasteiger partial charge in [-0.15, -0.1) is 0 Å². The fourth-order valence-electron chi connectivity index (χ4n) is 2.54. The van der Waals surface area contributed by atoms with Crippen LogP contribution in [0.25, 0.3) is 0 Å². The first kappa shape index (κ1) is 19.4. The molecule has 7 nitrogen and oxygen atoms in total. The Morgan fingerprint density at radius 2 is 1.42 bits per heavy atom. The number of carboxylic acids is 2. The van der Waals surface area contributed by atoms with Gasteiger partial charge in [0.05, 0.1) is 7.11 Å². The van der Waals surface area contributed by atoms with Gasteiger partial charge in [0.25, 0.3) is 0 Å². The Hall–Kier alpha value is -2.90. The second-order valence-electron chi connectivity index (χ2n) is 5.78. The molecule has 0 spiro atoms. The van der Waals surface area contributed by atoms with Crippen molar-refractivity contribution in [3.05, 3.63) is 65.7 Å².